The number of amides is 1. The second-order valence-corrected chi connectivity index (χ2v) is 4.36. The Hall–Kier alpha value is -2.69. The van der Waals surface area contributed by atoms with Gasteiger partial charge in [-0.3, -0.25) is 9.59 Å². The number of benzene rings is 2. The summed E-state index contributed by atoms with van der Waals surface area (Å²) in [6.07, 6.45) is 1.30. The molecule has 0 radical (unpaired) electrons. The fourth-order valence-electron chi connectivity index (χ4n) is 2.05. The van der Waals surface area contributed by atoms with Crippen LogP contribution in [-0.4, -0.2) is 11.7 Å². The smallest absolute Gasteiger partial charge is 0.270 e. The van der Waals surface area contributed by atoms with Gasteiger partial charge in [-0.25, -0.2) is 13.8 Å². The zero-order chi connectivity index (χ0) is 14.3. The molecule has 20 heavy (non-hydrogen) atoms. The fraction of sp³-hybridized carbons (Fsp3) is 0. The van der Waals surface area contributed by atoms with Crippen LogP contribution in [0.15, 0.2) is 41.4 Å². The van der Waals surface area contributed by atoms with Gasteiger partial charge in [0.25, 0.3) is 5.91 Å². The number of carbonyl (C=O) groups is 2. The predicted octanol–water partition coefficient (Wildman–Crippen LogP) is 1.14. The highest BCUT2D eigenvalue weighted by atomic mass is 19.1. The summed E-state index contributed by atoms with van der Waals surface area (Å²) < 4.78 is 26.2. The van der Waals surface area contributed by atoms with Gasteiger partial charge in [0.2, 0.25) is 0 Å². The average Bonchev–Trinajstić information content (AvgIpc) is 2.75. The topological polar surface area (TPSA) is 46.5 Å². The molecule has 0 aromatic heterocycles. The molecule has 0 aliphatic carbocycles. The maximum Gasteiger partial charge on any atom is 0.270 e. The fourth-order valence-corrected chi connectivity index (χ4v) is 2.05. The largest absolute Gasteiger partial charge is 0.289 e. The molecule has 0 saturated heterocycles. The van der Waals surface area contributed by atoms with E-state index in [1.807, 2.05) is 0 Å². The van der Waals surface area contributed by atoms with Crippen molar-refractivity contribution in [1.82, 2.24) is 0 Å². The number of halogens is 2. The first kappa shape index (κ1) is 12.3. The van der Waals surface area contributed by atoms with Crippen molar-refractivity contribution in [3.05, 3.63) is 69.7 Å². The van der Waals surface area contributed by atoms with Crippen LogP contribution in [0.2, 0.25) is 0 Å². The van der Waals surface area contributed by atoms with E-state index >= 15 is 0 Å². The Balaban J connectivity index is 2.09. The number of carbonyl (C=O) groups excluding carboxylic acids is 2. The van der Waals surface area contributed by atoms with Crippen molar-refractivity contribution in [1.29, 1.82) is 0 Å². The van der Waals surface area contributed by atoms with Gasteiger partial charge in [-0.05, 0) is 30.3 Å². The molecule has 1 heterocycles. The Morgan fingerprint density at radius 2 is 1.65 bits per heavy atom. The Morgan fingerprint density at radius 3 is 2.35 bits per heavy atom. The Labute approximate surface area is 111 Å². The van der Waals surface area contributed by atoms with E-state index in [1.54, 1.807) is 0 Å². The van der Waals surface area contributed by atoms with E-state index in [1.165, 1.54) is 24.3 Å². The van der Waals surface area contributed by atoms with Crippen LogP contribution in [0.3, 0.4) is 0 Å². The molecule has 0 N–H and O–H groups in total. The number of nitrogens with zero attached hydrogens (tertiary/aromatic N) is 1. The summed E-state index contributed by atoms with van der Waals surface area (Å²) >= 11 is 0. The predicted molar refractivity (Wildman–Crippen MR) is 66.5 cm³/mol. The van der Waals surface area contributed by atoms with Crippen LogP contribution >= 0.6 is 0 Å². The van der Waals surface area contributed by atoms with E-state index in [9.17, 15) is 18.4 Å². The number of hydrogen-bond acceptors (Lipinski definition) is 2. The van der Waals surface area contributed by atoms with Crippen molar-refractivity contribution in [3.8, 4) is 0 Å². The van der Waals surface area contributed by atoms with E-state index in [4.69, 9.17) is 0 Å². The van der Waals surface area contributed by atoms with Crippen molar-refractivity contribution in [3.63, 3.8) is 0 Å². The normalized spacial score (nSPS) is 12.6. The van der Waals surface area contributed by atoms with E-state index in [0.29, 0.717) is 16.6 Å². The van der Waals surface area contributed by atoms with Crippen molar-refractivity contribution >= 4 is 17.8 Å². The molecule has 1 aliphatic rings. The lowest BCUT2D eigenvalue weighted by Crippen LogP contribution is -2.22. The highest BCUT2D eigenvalue weighted by molar-refractivity contribution is 6.10. The van der Waals surface area contributed by atoms with E-state index in [2.05, 4.69) is 4.99 Å². The van der Waals surface area contributed by atoms with E-state index < -0.39 is 17.4 Å². The molecule has 5 heteroatoms. The van der Waals surface area contributed by atoms with Gasteiger partial charge in [0, 0.05) is 28.5 Å². The second kappa shape index (κ2) is 4.45. The summed E-state index contributed by atoms with van der Waals surface area (Å²) in [5.41, 5.74) is 0.165. The van der Waals surface area contributed by atoms with Gasteiger partial charge in [-0.2, -0.15) is 0 Å². The Bertz CT molecular complexity index is 852. The van der Waals surface area contributed by atoms with Gasteiger partial charge >= 0.3 is 0 Å². The molecule has 0 bridgehead atoms. The molecular weight excluding hydrogens is 264 g/mol. The van der Waals surface area contributed by atoms with Crippen LogP contribution in [0.25, 0.3) is 6.08 Å². The van der Waals surface area contributed by atoms with Crippen LogP contribution in [0.1, 0.15) is 15.9 Å². The third-order valence-corrected chi connectivity index (χ3v) is 2.92. The van der Waals surface area contributed by atoms with Crippen LogP contribution in [0.4, 0.5) is 8.78 Å². The highest BCUT2D eigenvalue weighted by Crippen LogP contribution is 2.12. The summed E-state index contributed by atoms with van der Waals surface area (Å²) in [5.74, 6) is -2.53. The molecule has 0 unspecified atom stereocenters. The standard InChI is InChI=1S/C15H7F2NO2/c16-11-4-10(5-12(17)7-11)15(20)8-1-2-13-9(3-8)6-14(19)18-13/h1-7H. The van der Waals surface area contributed by atoms with Crippen LogP contribution in [0, 0.1) is 11.6 Å². The number of rotatable bonds is 2. The van der Waals surface area contributed by atoms with Crippen molar-refractivity contribution < 1.29 is 18.4 Å². The molecule has 3 rings (SSSR count). The van der Waals surface area contributed by atoms with Gasteiger partial charge in [-0.1, -0.05) is 0 Å². The zero-order valence-electron chi connectivity index (χ0n) is 10.1. The molecule has 0 atom stereocenters. The minimum Gasteiger partial charge on any atom is -0.289 e. The minimum absolute atomic E-state index is 0.0799. The number of fused-ring (bicyclic) bond motifs is 1. The lowest BCUT2D eigenvalue weighted by atomic mass is 10.0. The summed E-state index contributed by atoms with van der Waals surface area (Å²) in [4.78, 5) is 27.0. The average molecular weight is 271 g/mol. The van der Waals surface area contributed by atoms with Crippen molar-refractivity contribution in [2.24, 2.45) is 4.99 Å². The molecular formula is C15H7F2NO2. The minimum atomic E-state index is -0.814. The van der Waals surface area contributed by atoms with Gasteiger partial charge in [-0.15, -0.1) is 0 Å². The molecule has 2 aromatic carbocycles. The summed E-state index contributed by atoms with van der Waals surface area (Å²) in [5, 5.41) is 1.01. The highest BCUT2D eigenvalue weighted by Gasteiger charge is 2.13. The third kappa shape index (κ3) is 2.14. The Kier molecular flexibility index (Phi) is 2.75. The summed E-state index contributed by atoms with van der Waals surface area (Å²) in [7, 11) is 0. The maximum absolute atomic E-state index is 13.1. The van der Waals surface area contributed by atoms with Gasteiger partial charge in [0.05, 0.1) is 5.36 Å². The molecule has 0 saturated carbocycles. The van der Waals surface area contributed by atoms with Crippen LogP contribution < -0.4 is 10.6 Å². The third-order valence-electron chi connectivity index (χ3n) is 2.92. The van der Waals surface area contributed by atoms with Crippen molar-refractivity contribution in [2.45, 2.75) is 0 Å². The molecule has 1 aliphatic heterocycles. The van der Waals surface area contributed by atoms with Gasteiger partial charge in [0.1, 0.15) is 11.6 Å². The quantitative estimate of drug-likeness (QED) is 0.769. The van der Waals surface area contributed by atoms with Crippen molar-refractivity contribution in [2.75, 3.05) is 0 Å². The monoisotopic (exact) mass is 271 g/mol. The van der Waals surface area contributed by atoms with E-state index in [-0.39, 0.29) is 17.0 Å². The zero-order valence-corrected chi connectivity index (χ0v) is 10.1. The number of ketones is 1. The molecule has 0 fully saturated rings. The summed E-state index contributed by atoms with van der Waals surface area (Å²) in [6.45, 7) is 0. The van der Waals surface area contributed by atoms with Crippen LogP contribution in [0.5, 0.6) is 0 Å². The Morgan fingerprint density at radius 1 is 0.950 bits per heavy atom. The van der Waals surface area contributed by atoms with Crippen LogP contribution in [-0.2, 0) is 4.79 Å². The lowest BCUT2D eigenvalue weighted by Gasteiger charge is -2.02. The SMILES string of the molecule is O=C1C=c2cc(C(=O)c3cc(F)cc(F)c3)ccc2=N1. The first-order valence-electron chi connectivity index (χ1n) is 5.78. The molecule has 1 amide bonds. The maximum atomic E-state index is 13.1. The molecule has 2 aromatic rings. The first-order chi connectivity index (χ1) is 9.52. The number of hydrogen-bond donors (Lipinski definition) is 0. The molecule has 98 valence electrons. The summed E-state index contributed by atoms with van der Waals surface area (Å²) in [6, 6.07) is 7.12. The molecule has 0 spiro atoms. The first-order valence-corrected chi connectivity index (χ1v) is 5.78. The second-order valence-electron chi connectivity index (χ2n) is 4.36. The molecule has 3 nitrogen and oxygen atoms in total. The van der Waals surface area contributed by atoms with Gasteiger partial charge in [0.15, 0.2) is 5.78 Å². The van der Waals surface area contributed by atoms with Gasteiger partial charge < -0.3 is 0 Å². The van der Waals surface area contributed by atoms with E-state index in [0.717, 1.165) is 12.1 Å². The lowest BCUT2D eigenvalue weighted by molar-refractivity contribution is -0.112.